The minimum Gasteiger partial charge on any atom is -0.334 e. The predicted molar refractivity (Wildman–Crippen MR) is 264 cm³/mol. The average molecular weight is 820 g/mol. The summed E-state index contributed by atoms with van der Waals surface area (Å²) in [4.78, 5) is 0. The van der Waals surface area contributed by atoms with Crippen LogP contribution in [0.15, 0.2) is 169 Å². The molecule has 0 radical (unpaired) electrons. The van der Waals surface area contributed by atoms with Gasteiger partial charge >= 0.3 is 0 Å². The molecule has 13 rings (SSSR count). The zero-order valence-electron chi connectivity index (χ0n) is 35.4. The molecule has 5 nitrogen and oxygen atoms in total. The van der Waals surface area contributed by atoms with Crippen LogP contribution in [0.5, 0.6) is 0 Å². The van der Waals surface area contributed by atoms with Gasteiger partial charge in [-0.2, -0.15) is 10.5 Å². The van der Waals surface area contributed by atoms with Crippen LogP contribution >= 0.6 is 0 Å². The Hall–Kier alpha value is -8.12. The standard InChI is InChI=1S/C59H41N5/c1-36-26-28-39(29-27-36)54-58(63-52-24-12-8-20-44(52)46-32-30-37-14-2-4-16-40(37)55(46)63)48(34-60)57(62-50-22-10-6-18-42(50)43-19-7-11-23-51(43)62)49(35-61)59(54)64-53-25-13-9-21-45(53)47-33-31-38-15-3-5-17-41(38)56(47)64/h2-4,6-11,13-16,18-23,25-33,54,58H,5,12,17,24H2,1H3. The summed E-state index contributed by atoms with van der Waals surface area (Å²) >= 11 is 0. The molecular formula is C59H41N5. The van der Waals surface area contributed by atoms with E-state index in [4.69, 9.17) is 0 Å². The highest BCUT2D eigenvalue weighted by atomic mass is 15.1. The number of allylic oxidation sites excluding steroid dienone is 6. The lowest BCUT2D eigenvalue weighted by Gasteiger charge is -2.39. The number of para-hydroxylation sites is 3. The molecule has 0 aliphatic heterocycles. The van der Waals surface area contributed by atoms with Crippen LogP contribution in [-0.4, -0.2) is 13.7 Å². The molecule has 5 heteroatoms. The number of benzene rings is 7. The Labute approximate surface area is 370 Å². The largest absolute Gasteiger partial charge is 0.334 e. The number of hydrogen-bond acceptors (Lipinski definition) is 2. The minimum atomic E-state index is -0.547. The molecule has 3 aromatic heterocycles. The molecule has 64 heavy (non-hydrogen) atoms. The van der Waals surface area contributed by atoms with Gasteiger partial charge in [0.05, 0.1) is 68.2 Å². The van der Waals surface area contributed by atoms with E-state index >= 15 is 0 Å². The zero-order valence-corrected chi connectivity index (χ0v) is 35.4. The van der Waals surface area contributed by atoms with Crippen molar-refractivity contribution in [3.8, 4) is 12.1 Å². The third kappa shape index (κ3) is 4.98. The fourth-order valence-electron chi connectivity index (χ4n) is 11.7. The van der Waals surface area contributed by atoms with E-state index in [0.717, 1.165) is 97.0 Å². The van der Waals surface area contributed by atoms with Gasteiger partial charge in [-0.1, -0.05) is 157 Å². The Kier molecular flexibility index (Phi) is 7.96. The molecule has 10 aromatic rings. The number of fused-ring (bicyclic) bond motifs is 13. The number of hydrogen-bond donors (Lipinski definition) is 0. The van der Waals surface area contributed by atoms with Gasteiger partial charge in [0.2, 0.25) is 0 Å². The SMILES string of the molecule is Cc1ccc(C2C(n3c4ccccc4c4ccc5c(c43)CCC=C5)=C(C#N)C(n3c4ccccc4c4ccccc43)=C(C#N)C2n2c3c(c4ccc5ccccc5c42)C=CCC3)cc1. The number of nitriles is 2. The van der Waals surface area contributed by atoms with Gasteiger partial charge in [-0.25, -0.2) is 0 Å². The van der Waals surface area contributed by atoms with E-state index in [-0.39, 0.29) is 0 Å². The highest BCUT2D eigenvalue weighted by Crippen LogP contribution is 2.56. The molecule has 0 spiro atoms. The highest BCUT2D eigenvalue weighted by molar-refractivity contribution is 6.16. The average Bonchev–Trinajstić information content (AvgIpc) is 3.99. The second-order valence-corrected chi connectivity index (χ2v) is 17.6. The first kappa shape index (κ1) is 36.5. The van der Waals surface area contributed by atoms with Crippen LogP contribution in [0.4, 0.5) is 0 Å². The van der Waals surface area contributed by atoms with Gasteiger partial charge in [0, 0.05) is 43.6 Å². The summed E-state index contributed by atoms with van der Waals surface area (Å²) in [7, 11) is 0. The quantitative estimate of drug-likeness (QED) is 0.178. The first-order valence-corrected chi connectivity index (χ1v) is 22.4. The molecule has 3 heterocycles. The summed E-state index contributed by atoms with van der Waals surface area (Å²) in [6.45, 7) is 2.13. The second kappa shape index (κ2) is 13.9. The van der Waals surface area contributed by atoms with E-state index in [1.54, 1.807) is 0 Å². The maximum Gasteiger partial charge on any atom is 0.103 e. The molecule has 0 amide bonds. The van der Waals surface area contributed by atoms with Crippen molar-refractivity contribution in [2.45, 2.75) is 44.6 Å². The van der Waals surface area contributed by atoms with E-state index in [2.05, 4.69) is 203 Å². The molecule has 3 aliphatic rings. The summed E-state index contributed by atoms with van der Waals surface area (Å²) in [5, 5.41) is 32.4. The van der Waals surface area contributed by atoms with Crippen molar-refractivity contribution in [2.24, 2.45) is 0 Å². The van der Waals surface area contributed by atoms with Crippen LogP contribution in [0, 0.1) is 29.6 Å². The summed E-state index contributed by atoms with van der Waals surface area (Å²) in [6, 6.07) is 57.4. The second-order valence-electron chi connectivity index (χ2n) is 17.6. The Morgan fingerprint density at radius 1 is 0.547 bits per heavy atom. The lowest BCUT2D eigenvalue weighted by atomic mass is 9.76. The number of nitrogens with zero attached hydrogens (tertiary/aromatic N) is 5. The Morgan fingerprint density at radius 3 is 1.89 bits per heavy atom. The number of aryl methyl sites for hydroxylation is 2. The van der Waals surface area contributed by atoms with Crippen molar-refractivity contribution in [2.75, 3.05) is 0 Å². The van der Waals surface area contributed by atoms with Crippen LogP contribution in [0.25, 0.3) is 88.8 Å². The van der Waals surface area contributed by atoms with Crippen LogP contribution in [0.2, 0.25) is 0 Å². The fraction of sp³-hybridized carbons (Fsp3) is 0.119. The maximum absolute atomic E-state index is 12.2. The molecule has 0 saturated carbocycles. The normalized spacial score (nSPS) is 17.2. The topological polar surface area (TPSA) is 62.4 Å². The first-order chi connectivity index (χ1) is 31.6. The molecule has 2 unspecified atom stereocenters. The minimum absolute atomic E-state index is 0.458. The van der Waals surface area contributed by atoms with Crippen molar-refractivity contribution in [3.05, 3.63) is 202 Å². The lowest BCUT2D eigenvalue weighted by molar-refractivity contribution is 0.525. The van der Waals surface area contributed by atoms with Gasteiger partial charge in [-0.05, 0) is 72.9 Å². The van der Waals surface area contributed by atoms with E-state index in [9.17, 15) is 10.5 Å². The van der Waals surface area contributed by atoms with Gasteiger partial charge in [0.1, 0.15) is 6.07 Å². The molecule has 0 N–H and O–H groups in total. The van der Waals surface area contributed by atoms with E-state index in [0.29, 0.717) is 16.8 Å². The summed E-state index contributed by atoms with van der Waals surface area (Å²) in [6.07, 6.45) is 12.7. The third-order valence-corrected chi connectivity index (χ3v) is 14.3. The number of aromatic nitrogens is 3. The smallest absolute Gasteiger partial charge is 0.103 e. The van der Waals surface area contributed by atoms with E-state index < -0.39 is 12.0 Å². The Bertz CT molecular complexity index is 3830. The molecule has 302 valence electrons. The predicted octanol–water partition coefficient (Wildman–Crippen LogP) is 14.4. The van der Waals surface area contributed by atoms with E-state index in [1.165, 1.54) is 33.2 Å². The van der Waals surface area contributed by atoms with Gasteiger partial charge in [0.15, 0.2) is 0 Å². The molecule has 0 saturated heterocycles. The van der Waals surface area contributed by atoms with Crippen molar-refractivity contribution >= 4 is 88.8 Å². The first-order valence-electron chi connectivity index (χ1n) is 22.4. The van der Waals surface area contributed by atoms with Crippen LogP contribution in [-0.2, 0) is 12.8 Å². The van der Waals surface area contributed by atoms with Crippen LogP contribution < -0.4 is 0 Å². The maximum atomic E-state index is 12.2. The third-order valence-electron chi connectivity index (χ3n) is 14.3. The van der Waals surface area contributed by atoms with Gasteiger partial charge in [0.25, 0.3) is 0 Å². The molecule has 0 fully saturated rings. The zero-order chi connectivity index (χ0) is 42.6. The van der Waals surface area contributed by atoms with Crippen LogP contribution in [0.1, 0.15) is 58.3 Å². The van der Waals surface area contributed by atoms with Gasteiger partial charge < -0.3 is 13.7 Å². The van der Waals surface area contributed by atoms with Gasteiger partial charge in [-0.3, -0.25) is 0 Å². The molecule has 0 bridgehead atoms. The molecular weight excluding hydrogens is 779 g/mol. The van der Waals surface area contributed by atoms with Crippen molar-refractivity contribution < 1.29 is 0 Å². The summed E-state index contributed by atoms with van der Waals surface area (Å²) in [5.74, 6) is -0.458. The van der Waals surface area contributed by atoms with Crippen LogP contribution in [0.3, 0.4) is 0 Å². The molecule has 7 aromatic carbocycles. The Balaban J connectivity index is 1.29. The number of rotatable bonds is 4. The van der Waals surface area contributed by atoms with E-state index in [1.807, 2.05) is 0 Å². The Morgan fingerprint density at radius 2 is 1.17 bits per heavy atom. The fourth-order valence-corrected chi connectivity index (χ4v) is 11.7. The lowest BCUT2D eigenvalue weighted by Crippen LogP contribution is -2.30. The van der Waals surface area contributed by atoms with Crippen molar-refractivity contribution in [1.29, 1.82) is 10.5 Å². The summed E-state index contributed by atoms with van der Waals surface area (Å²) in [5.41, 5.74) is 15.0. The van der Waals surface area contributed by atoms with Crippen molar-refractivity contribution in [1.82, 2.24) is 13.7 Å². The summed E-state index contributed by atoms with van der Waals surface area (Å²) < 4.78 is 7.24. The van der Waals surface area contributed by atoms with Gasteiger partial charge in [-0.15, -0.1) is 0 Å². The monoisotopic (exact) mass is 819 g/mol. The highest BCUT2D eigenvalue weighted by Gasteiger charge is 2.45. The van der Waals surface area contributed by atoms with Crippen molar-refractivity contribution in [3.63, 3.8) is 0 Å². The molecule has 3 aliphatic carbocycles. The molecule has 2 atom stereocenters.